The molecule has 5 heterocycles. The molecule has 3 saturated heterocycles. The number of benzene rings is 1. The van der Waals surface area contributed by atoms with Gasteiger partial charge in [0.1, 0.15) is 36.5 Å². The summed E-state index contributed by atoms with van der Waals surface area (Å²) in [6, 6.07) is 6.65. The van der Waals surface area contributed by atoms with Crippen LogP contribution in [0.4, 0.5) is 4.39 Å². The Balaban J connectivity index is 1.21. The largest absolute Gasteiger partial charge is 0.459 e. The summed E-state index contributed by atoms with van der Waals surface area (Å²) in [5, 5.41) is 60.4. The number of nitrogens with zero attached hydrogens (tertiary/aromatic N) is 8. The number of Topliss-reactive ketones (excluding diaryl/α,β-unsaturated/α-hetero) is 1. The highest BCUT2D eigenvalue weighted by molar-refractivity contribution is 6.00. The standard InChI is InChI=1S/C49H76FN9O10/c1-11-40-49(8,64)44(62)31(4)41(54-69-38-13-12-19-51-27-38)29(2)25-48(7,65-10)45(32(5)42(60)33(6)46(63)67-40)68-47-43(61)39(23-30(3)66-47)57(9)21-18-35-28-59(56-53-35)37(26-50)24-34-14-16-36(17-15-34)58-22-20-52-55-58/h14-17,20,22,28-33,37-40,43-45,47,51,61-62,64H,11-13,18-19,21,23-27H2,1-10H3/b54-41+/t29-,30-,31+,32+,33-,37+,38-,39+,40-,43-,44-,45-,47+,48-,49-/m1/s1. The van der Waals surface area contributed by atoms with Gasteiger partial charge in [-0.25, -0.2) is 13.8 Å². The van der Waals surface area contributed by atoms with Gasteiger partial charge in [-0.2, -0.15) is 0 Å². The number of methoxy groups -OCH3 is 1. The SMILES string of the molecule is CC[C@H]1OC(=O)[C@H](C)C(=O)[C@H](C)[C@@H](O[C@@H]2O[C@H](C)C[C@H](N(C)CCc3cn([C@H](CF)Cc4ccc(-n5ccnn5)cc4)nn3)[C@H]2O)[C@](C)(OC)C[C@@H](C)/C(=N\O[C@@H]2CCCNC2)[C@H](C)[C@@H](O)[C@]1(C)O. The van der Waals surface area contributed by atoms with Crippen molar-refractivity contribution in [2.45, 2.75) is 167 Å². The molecule has 19 nitrogen and oxygen atoms in total. The Hall–Kier alpha value is -4.28. The van der Waals surface area contributed by atoms with Crippen molar-refractivity contribution < 1.29 is 53.1 Å². The van der Waals surface area contributed by atoms with Gasteiger partial charge in [-0.1, -0.05) is 55.4 Å². The number of esters is 1. The molecule has 69 heavy (non-hydrogen) atoms. The highest BCUT2D eigenvalue weighted by Gasteiger charge is 2.52. The van der Waals surface area contributed by atoms with Crippen molar-refractivity contribution in [3.8, 4) is 5.69 Å². The van der Waals surface area contributed by atoms with Gasteiger partial charge in [-0.3, -0.25) is 9.59 Å². The van der Waals surface area contributed by atoms with Gasteiger partial charge in [-0.15, -0.1) is 10.2 Å². The molecule has 0 radical (unpaired) electrons. The summed E-state index contributed by atoms with van der Waals surface area (Å²) in [6.45, 7) is 14.9. The number of carbonyl (C=O) groups excluding carboxylic acids is 2. The lowest BCUT2D eigenvalue weighted by Gasteiger charge is -2.47. The molecule has 1 aromatic carbocycles. The Morgan fingerprint density at radius 1 is 1.09 bits per heavy atom. The third-order valence-corrected chi connectivity index (χ3v) is 14.7. The molecule has 384 valence electrons. The maximum Gasteiger partial charge on any atom is 0.316 e. The lowest BCUT2D eigenvalue weighted by atomic mass is 9.74. The Morgan fingerprint density at radius 2 is 1.83 bits per heavy atom. The number of alkyl halides is 1. The fraction of sp³-hybridized carbons (Fsp3) is 0.735. The van der Waals surface area contributed by atoms with E-state index >= 15 is 0 Å². The van der Waals surface area contributed by atoms with Crippen LogP contribution in [0.15, 0.2) is 48.0 Å². The molecule has 0 amide bonds. The zero-order valence-corrected chi connectivity index (χ0v) is 42.0. The average Bonchev–Trinajstić information content (AvgIpc) is 4.07. The first-order valence-corrected chi connectivity index (χ1v) is 24.6. The number of ketones is 1. The number of oxime groups is 1. The van der Waals surface area contributed by atoms with Gasteiger partial charge in [0, 0.05) is 56.6 Å². The number of halogens is 1. The van der Waals surface area contributed by atoms with Gasteiger partial charge in [0.25, 0.3) is 0 Å². The summed E-state index contributed by atoms with van der Waals surface area (Å²) >= 11 is 0. The van der Waals surface area contributed by atoms with Gasteiger partial charge >= 0.3 is 5.97 Å². The van der Waals surface area contributed by atoms with E-state index in [2.05, 4.69) is 31.1 Å². The fourth-order valence-corrected chi connectivity index (χ4v) is 10.3. The monoisotopic (exact) mass is 970 g/mol. The maximum atomic E-state index is 14.5. The van der Waals surface area contributed by atoms with Crippen LogP contribution in [0.25, 0.3) is 5.69 Å². The maximum absolute atomic E-state index is 14.5. The van der Waals surface area contributed by atoms with Gasteiger partial charge in [0.15, 0.2) is 12.1 Å². The van der Waals surface area contributed by atoms with E-state index < -0.39 is 96.1 Å². The van der Waals surface area contributed by atoms with Crippen LogP contribution in [0.1, 0.15) is 105 Å². The smallest absolute Gasteiger partial charge is 0.316 e. The third-order valence-electron chi connectivity index (χ3n) is 14.7. The van der Waals surface area contributed by atoms with Gasteiger partial charge in [0.05, 0.1) is 59.4 Å². The molecule has 0 spiro atoms. The molecule has 0 saturated carbocycles. The molecule has 6 rings (SSSR count). The summed E-state index contributed by atoms with van der Waals surface area (Å²) in [7, 11) is 3.41. The van der Waals surface area contributed by atoms with Crippen molar-refractivity contribution in [2.75, 3.05) is 40.5 Å². The number of ether oxygens (including phenoxy) is 4. The van der Waals surface area contributed by atoms with E-state index in [0.717, 1.165) is 30.6 Å². The Labute approximate surface area is 405 Å². The van der Waals surface area contributed by atoms with E-state index in [-0.39, 0.29) is 25.0 Å². The van der Waals surface area contributed by atoms with E-state index in [1.807, 2.05) is 50.1 Å². The Kier molecular flexibility index (Phi) is 18.6. The number of hydrogen-bond donors (Lipinski definition) is 4. The highest BCUT2D eigenvalue weighted by atomic mass is 19.1. The second-order valence-corrected chi connectivity index (χ2v) is 20.0. The lowest BCUT2D eigenvalue weighted by molar-refractivity contribution is -0.295. The van der Waals surface area contributed by atoms with Crippen LogP contribution in [0.2, 0.25) is 0 Å². The first kappa shape index (κ1) is 54.1. The zero-order chi connectivity index (χ0) is 50.2. The van der Waals surface area contributed by atoms with Crippen LogP contribution in [0.5, 0.6) is 0 Å². The summed E-state index contributed by atoms with van der Waals surface area (Å²) in [5.41, 5.74) is -0.330. The van der Waals surface area contributed by atoms with Crippen molar-refractivity contribution in [3.05, 3.63) is 54.1 Å². The van der Waals surface area contributed by atoms with Crippen LogP contribution >= 0.6 is 0 Å². The Morgan fingerprint density at radius 3 is 2.46 bits per heavy atom. The average molecular weight is 970 g/mol. The van der Waals surface area contributed by atoms with E-state index in [0.29, 0.717) is 43.8 Å². The topological polar surface area (TPSA) is 230 Å². The van der Waals surface area contributed by atoms with Crippen molar-refractivity contribution in [3.63, 3.8) is 0 Å². The second kappa shape index (κ2) is 23.8. The number of rotatable bonds is 15. The Bertz CT molecular complexity index is 2120. The summed E-state index contributed by atoms with van der Waals surface area (Å²) in [4.78, 5) is 36.4. The number of carbonyl (C=O) groups is 2. The molecule has 0 aliphatic carbocycles. The van der Waals surface area contributed by atoms with Crippen LogP contribution in [0, 0.1) is 23.7 Å². The van der Waals surface area contributed by atoms with Crippen LogP contribution < -0.4 is 5.32 Å². The molecule has 4 N–H and O–H groups in total. The third kappa shape index (κ3) is 12.8. The van der Waals surface area contributed by atoms with Crippen molar-refractivity contribution >= 4 is 17.5 Å². The quantitative estimate of drug-likeness (QED) is 0.0964. The summed E-state index contributed by atoms with van der Waals surface area (Å²) < 4.78 is 43.0. The lowest BCUT2D eigenvalue weighted by Crippen LogP contribution is -2.60. The fourth-order valence-electron chi connectivity index (χ4n) is 10.3. The molecule has 0 unspecified atom stereocenters. The minimum Gasteiger partial charge on any atom is -0.459 e. The number of nitrogens with one attached hydrogen (secondary N) is 1. The van der Waals surface area contributed by atoms with Crippen molar-refractivity contribution in [1.29, 1.82) is 0 Å². The predicted molar refractivity (Wildman–Crippen MR) is 253 cm³/mol. The molecule has 3 aliphatic rings. The van der Waals surface area contributed by atoms with Crippen molar-refractivity contribution in [2.24, 2.45) is 28.8 Å². The van der Waals surface area contributed by atoms with Crippen molar-refractivity contribution in [1.82, 2.24) is 40.2 Å². The second-order valence-electron chi connectivity index (χ2n) is 20.0. The van der Waals surface area contributed by atoms with E-state index in [1.54, 1.807) is 55.6 Å². The molecule has 20 heteroatoms. The molecule has 0 bridgehead atoms. The highest BCUT2D eigenvalue weighted by Crippen LogP contribution is 2.39. The van der Waals surface area contributed by atoms with Crippen LogP contribution in [-0.4, -0.2) is 168 Å². The molecule has 3 aliphatic heterocycles. The number of cyclic esters (lactones) is 1. The molecular formula is C49H76FN9O10. The number of likely N-dealkylation sites (N-methyl/N-ethyl adjacent to an activating group) is 1. The van der Waals surface area contributed by atoms with Crippen LogP contribution in [-0.2, 0) is 46.2 Å². The number of aliphatic hydroxyl groups excluding tert-OH is 2. The molecule has 15 atom stereocenters. The van der Waals surface area contributed by atoms with Gasteiger partial charge < -0.3 is 49.3 Å². The van der Waals surface area contributed by atoms with E-state index in [1.165, 1.54) is 21.0 Å². The minimum atomic E-state index is -1.92. The van der Waals surface area contributed by atoms with E-state index in [4.69, 9.17) is 23.8 Å². The zero-order valence-electron chi connectivity index (χ0n) is 42.0. The first-order valence-electron chi connectivity index (χ1n) is 24.6. The number of hydrogen-bond acceptors (Lipinski definition) is 17. The predicted octanol–water partition coefficient (Wildman–Crippen LogP) is 3.82. The normalized spacial score (nSPS) is 35.4. The molecule has 3 fully saturated rings. The summed E-state index contributed by atoms with van der Waals surface area (Å²) in [6.07, 6.45) is 1.77. The number of aliphatic hydroxyl groups is 3. The van der Waals surface area contributed by atoms with Crippen LogP contribution in [0.3, 0.4) is 0 Å². The number of aromatic nitrogens is 6. The summed E-state index contributed by atoms with van der Waals surface area (Å²) in [5.74, 6) is -4.91. The van der Waals surface area contributed by atoms with E-state index in [9.17, 15) is 29.3 Å². The minimum absolute atomic E-state index is 0.159. The molecule has 3 aromatic rings. The number of piperidine rings is 1. The van der Waals surface area contributed by atoms with Gasteiger partial charge in [0.2, 0.25) is 0 Å². The van der Waals surface area contributed by atoms with Gasteiger partial charge in [-0.05, 0) is 97.5 Å². The first-order chi connectivity index (χ1) is 32.8. The molecule has 2 aromatic heterocycles. The molecular weight excluding hydrogens is 894 g/mol.